The van der Waals surface area contributed by atoms with Gasteiger partial charge in [-0.2, -0.15) is 0 Å². The molecule has 6 nitrogen and oxygen atoms in total. The first-order chi connectivity index (χ1) is 11.8. The lowest BCUT2D eigenvalue weighted by molar-refractivity contribution is -0.577. The predicted octanol–water partition coefficient (Wildman–Crippen LogP) is 2.23. The third kappa shape index (κ3) is 2.43. The van der Waals surface area contributed by atoms with E-state index in [1.807, 2.05) is 43.3 Å². The topological polar surface area (TPSA) is 75.6 Å². The summed E-state index contributed by atoms with van der Waals surface area (Å²) in [5.41, 5.74) is 1.87. The van der Waals surface area contributed by atoms with Gasteiger partial charge in [-0.3, -0.25) is 14.8 Å². The second kappa shape index (κ2) is 6.01. The zero-order valence-corrected chi connectivity index (χ0v) is 13.7. The van der Waals surface area contributed by atoms with Gasteiger partial charge in [0.05, 0.1) is 10.9 Å². The molecule has 0 aliphatic heterocycles. The molecule has 0 fully saturated rings. The first kappa shape index (κ1) is 14.8. The van der Waals surface area contributed by atoms with Crippen LogP contribution in [-0.2, 0) is 0 Å². The summed E-state index contributed by atoms with van der Waals surface area (Å²) in [6.45, 7) is 2.01. The van der Waals surface area contributed by atoms with Crippen molar-refractivity contribution in [2.24, 2.45) is 0 Å². The highest BCUT2D eigenvalue weighted by molar-refractivity contribution is 7.99. The maximum atomic E-state index is 12.7. The highest BCUT2D eigenvalue weighted by Crippen LogP contribution is 2.19. The molecular weight excluding hydrogens is 322 g/mol. The van der Waals surface area contributed by atoms with E-state index >= 15 is 0 Å². The third-order valence-electron chi connectivity index (χ3n) is 3.63. The molecule has 4 aromatic rings. The number of hydrogen-bond donors (Lipinski definition) is 1. The van der Waals surface area contributed by atoms with Gasteiger partial charge in [0.25, 0.3) is 0 Å². The molecule has 0 amide bonds. The molecule has 0 saturated carbocycles. The van der Waals surface area contributed by atoms with E-state index in [4.69, 9.17) is 4.98 Å². The van der Waals surface area contributed by atoms with Crippen LogP contribution in [0.4, 0.5) is 0 Å². The van der Waals surface area contributed by atoms with Crippen LogP contribution < -0.4 is 10.1 Å². The van der Waals surface area contributed by atoms with Gasteiger partial charge in [0, 0.05) is 12.4 Å². The van der Waals surface area contributed by atoms with Crippen LogP contribution in [0.25, 0.3) is 27.8 Å². The quantitative estimate of drug-likeness (QED) is 0.353. The van der Waals surface area contributed by atoms with Crippen LogP contribution in [0, 0.1) is 0 Å². The maximum absolute atomic E-state index is 12.7. The van der Waals surface area contributed by atoms with Crippen molar-refractivity contribution in [1.29, 1.82) is 0 Å². The van der Waals surface area contributed by atoms with Gasteiger partial charge in [-0.1, -0.05) is 40.4 Å². The molecule has 0 aliphatic rings. The van der Waals surface area contributed by atoms with Gasteiger partial charge in [0.2, 0.25) is 10.7 Å². The minimum absolute atomic E-state index is 0.176. The number of pyridine rings is 1. The van der Waals surface area contributed by atoms with E-state index in [0.29, 0.717) is 16.5 Å². The molecule has 3 aromatic heterocycles. The number of benzene rings is 1. The lowest BCUT2D eigenvalue weighted by atomic mass is 10.2. The summed E-state index contributed by atoms with van der Waals surface area (Å²) < 4.78 is 1.62. The van der Waals surface area contributed by atoms with Crippen LogP contribution in [0.1, 0.15) is 6.92 Å². The predicted molar refractivity (Wildman–Crippen MR) is 92.9 cm³/mol. The van der Waals surface area contributed by atoms with Crippen molar-refractivity contribution in [3.05, 3.63) is 59.1 Å². The van der Waals surface area contributed by atoms with E-state index in [1.165, 1.54) is 11.8 Å². The van der Waals surface area contributed by atoms with Gasteiger partial charge in [-0.05, 0) is 35.0 Å². The summed E-state index contributed by atoms with van der Waals surface area (Å²) in [5, 5.41) is 5.93. The van der Waals surface area contributed by atoms with Gasteiger partial charge in [0.1, 0.15) is 0 Å². The molecular formula is C17H14N5OS+. The van der Waals surface area contributed by atoms with Gasteiger partial charge in [0.15, 0.2) is 5.52 Å². The molecule has 0 unspecified atom stereocenters. The summed E-state index contributed by atoms with van der Waals surface area (Å²) in [6.07, 6.45) is 3.43. The summed E-state index contributed by atoms with van der Waals surface area (Å²) in [6, 6.07) is 11.3. The molecule has 118 valence electrons. The number of nitrogens with zero attached hydrogens (tertiary/aromatic N) is 4. The van der Waals surface area contributed by atoms with Crippen molar-refractivity contribution in [3.8, 4) is 11.4 Å². The molecule has 0 spiro atoms. The summed E-state index contributed by atoms with van der Waals surface area (Å²) in [4.78, 5) is 24.4. The summed E-state index contributed by atoms with van der Waals surface area (Å²) in [7, 11) is 0. The van der Waals surface area contributed by atoms with Crippen molar-refractivity contribution >= 4 is 28.2 Å². The van der Waals surface area contributed by atoms with Gasteiger partial charge < -0.3 is 0 Å². The summed E-state index contributed by atoms with van der Waals surface area (Å²) >= 11 is 1.48. The van der Waals surface area contributed by atoms with Gasteiger partial charge in [-0.25, -0.2) is 0 Å². The van der Waals surface area contributed by atoms with E-state index in [2.05, 4.69) is 15.1 Å². The Bertz CT molecular complexity index is 1090. The Balaban J connectivity index is 2.18. The van der Waals surface area contributed by atoms with Crippen LogP contribution in [0.3, 0.4) is 0 Å². The Morgan fingerprint density at radius 3 is 2.88 bits per heavy atom. The fourth-order valence-electron chi connectivity index (χ4n) is 2.62. The average Bonchev–Trinajstić information content (AvgIpc) is 2.62. The number of fused-ring (bicyclic) bond motifs is 3. The molecule has 0 saturated heterocycles. The third-order valence-corrected chi connectivity index (χ3v) is 4.37. The highest BCUT2D eigenvalue weighted by Gasteiger charge is 2.23. The number of hydrogen-bond acceptors (Lipinski definition) is 5. The van der Waals surface area contributed by atoms with Crippen molar-refractivity contribution in [2.45, 2.75) is 12.1 Å². The monoisotopic (exact) mass is 336 g/mol. The van der Waals surface area contributed by atoms with E-state index < -0.39 is 0 Å². The number of rotatable bonds is 3. The van der Waals surface area contributed by atoms with E-state index in [1.54, 1.807) is 16.9 Å². The molecule has 0 atom stereocenters. The molecule has 1 aromatic carbocycles. The Morgan fingerprint density at radius 1 is 1.21 bits per heavy atom. The molecule has 3 heterocycles. The number of nitrogens with one attached hydrogen (secondary N) is 1. The van der Waals surface area contributed by atoms with Crippen molar-refractivity contribution in [1.82, 2.24) is 20.1 Å². The first-order valence-corrected chi connectivity index (χ1v) is 8.55. The zero-order chi connectivity index (χ0) is 16.5. The first-order valence-electron chi connectivity index (χ1n) is 7.56. The minimum Gasteiger partial charge on any atom is -0.295 e. The second-order valence-corrected chi connectivity index (χ2v) is 6.40. The fraction of sp³-hybridized carbons (Fsp3) is 0.118. The Morgan fingerprint density at radius 2 is 2.08 bits per heavy atom. The van der Waals surface area contributed by atoms with E-state index in [9.17, 15) is 4.79 Å². The van der Waals surface area contributed by atoms with Crippen LogP contribution in [-0.4, -0.2) is 25.8 Å². The average molecular weight is 336 g/mol. The lowest BCUT2D eigenvalue weighted by Crippen LogP contribution is -2.38. The number of thioether (sulfide) groups is 1. The Labute approximate surface area is 141 Å². The SMILES string of the molecule is CCSc1n[n+]2c(-c3cccnc3)nc3ccccc3c2c(=O)[nH]1. The smallest absolute Gasteiger partial charge is 0.295 e. The summed E-state index contributed by atoms with van der Waals surface area (Å²) in [5.74, 6) is 1.42. The molecule has 0 radical (unpaired) electrons. The fourth-order valence-corrected chi connectivity index (χ4v) is 3.20. The zero-order valence-electron chi connectivity index (χ0n) is 12.9. The largest absolute Gasteiger partial charge is 0.358 e. The van der Waals surface area contributed by atoms with Crippen LogP contribution >= 0.6 is 11.8 Å². The van der Waals surface area contributed by atoms with Crippen LogP contribution in [0.2, 0.25) is 0 Å². The second-order valence-electron chi connectivity index (χ2n) is 5.15. The van der Waals surface area contributed by atoms with Crippen LogP contribution in [0.5, 0.6) is 0 Å². The number of H-pyrrole nitrogens is 1. The maximum Gasteiger partial charge on any atom is 0.358 e. The standard InChI is InChI=1S/C17H13N5OS/c1-2-24-17-20-16(23)14-12-7-3-4-8-13(12)19-15(22(14)21-17)11-6-5-9-18-10-11/h3-10H,2H2,1H3/p+1. The van der Waals surface area contributed by atoms with Crippen molar-refractivity contribution < 1.29 is 4.52 Å². The lowest BCUT2D eigenvalue weighted by Gasteiger charge is -2.03. The van der Waals surface area contributed by atoms with Crippen LogP contribution in [0.15, 0.2) is 58.7 Å². The number of para-hydroxylation sites is 1. The number of aromatic nitrogens is 5. The highest BCUT2D eigenvalue weighted by atomic mass is 32.2. The normalized spacial score (nSPS) is 11.2. The van der Waals surface area contributed by atoms with Gasteiger partial charge in [-0.15, -0.1) is 0 Å². The number of aromatic amines is 1. The minimum atomic E-state index is -0.176. The molecule has 1 N–H and O–H groups in total. The van der Waals surface area contributed by atoms with E-state index in [0.717, 1.165) is 22.2 Å². The Hall–Kier alpha value is -2.80. The Kier molecular flexibility index (Phi) is 3.70. The van der Waals surface area contributed by atoms with Crippen molar-refractivity contribution in [3.63, 3.8) is 0 Å². The molecule has 7 heteroatoms. The van der Waals surface area contributed by atoms with Gasteiger partial charge >= 0.3 is 11.4 Å². The molecule has 0 bridgehead atoms. The van der Waals surface area contributed by atoms with Crippen molar-refractivity contribution in [2.75, 3.05) is 5.75 Å². The molecule has 24 heavy (non-hydrogen) atoms. The molecule has 0 aliphatic carbocycles. The molecule has 4 rings (SSSR count). The van der Waals surface area contributed by atoms with E-state index in [-0.39, 0.29) is 5.56 Å².